The number of hydrogen-bond donors (Lipinski definition) is 0. The zero-order valence-corrected chi connectivity index (χ0v) is 16.5. The Morgan fingerprint density at radius 1 is 0.800 bits per heavy atom. The van der Waals surface area contributed by atoms with E-state index in [2.05, 4.69) is 28.8 Å². The van der Waals surface area contributed by atoms with Crippen molar-refractivity contribution in [3.05, 3.63) is 96.8 Å². The molecule has 1 heterocycles. The van der Waals surface area contributed by atoms with Crippen molar-refractivity contribution in [3.8, 4) is 17.1 Å². The van der Waals surface area contributed by atoms with Gasteiger partial charge in [0.05, 0.1) is 23.2 Å². The van der Waals surface area contributed by atoms with E-state index in [-0.39, 0.29) is 5.82 Å². The molecule has 0 spiro atoms. The second-order valence-corrected chi connectivity index (χ2v) is 7.27. The van der Waals surface area contributed by atoms with Gasteiger partial charge in [-0.15, -0.1) is 0 Å². The normalized spacial score (nSPS) is 11.2. The second kappa shape index (κ2) is 7.99. The highest BCUT2D eigenvalue weighted by Crippen LogP contribution is 2.27. The highest BCUT2D eigenvalue weighted by molar-refractivity contribution is 5.83. The Bertz CT molecular complexity index is 1330. The minimum absolute atomic E-state index is 0.263. The molecule has 0 amide bonds. The molecule has 148 valence electrons. The van der Waals surface area contributed by atoms with Gasteiger partial charge in [-0.1, -0.05) is 54.6 Å². The first-order valence-electron chi connectivity index (χ1n) is 10.1. The van der Waals surface area contributed by atoms with Crippen LogP contribution in [0.25, 0.3) is 33.2 Å². The van der Waals surface area contributed by atoms with E-state index in [1.807, 2.05) is 48.5 Å². The van der Waals surface area contributed by atoms with Crippen LogP contribution in [0, 0.1) is 5.82 Å². The minimum Gasteiger partial charge on any atom is -0.494 e. The molecule has 0 aliphatic carbocycles. The monoisotopic (exact) mass is 396 g/mol. The third-order valence-electron chi connectivity index (χ3n) is 5.29. The standard InChI is InChI=1S/C26H21FN2O/c27-23-11-4-3-10-22(23)26-28-24-12-5-6-13-25(24)29(26)16-7-17-30-21-15-14-19-8-1-2-9-20(19)18-21/h1-6,8-15,18H,7,16-17H2. The van der Waals surface area contributed by atoms with Gasteiger partial charge in [0.15, 0.2) is 0 Å². The Kier molecular flexibility index (Phi) is 4.89. The average Bonchev–Trinajstić information content (AvgIpc) is 3.15. The van der Waals surface area contributed by atoms with Crippen LogP contribution >= 0.6 is 0 Å². The molecule has 0 aliphatic rings. The number of aromatic nitrogens is 2. The smallest absolute Gasteiger partial charge is 0.144 e. The van der Waals surface area contributed by atoms with Crippen LogP contribution in [0.15, 0.2) is 91.0 Å². The molecule has 4 aromatic carbocycles. The van der Waals surface area contributed by atoms with Crippen molar-refractivity contribution in [2.75, 3.05) is 6.61 Å². The lowest BCUT2D eigenvalue weighted by Gasteiger charge is -2.11. The molecular weight excluding hydrogens is 375 g/mol. The van der Waals surface area contributed by atoms with Crippen molar-refractivity contribution in [2.45, 2.75) is 13.0 Å². The number of ether oxygens (including phenoxy) is 1. The Morgan fingerprint density at radius 2 is 1.57 bits per heavy atom. The number of hydrogen-bond acceptors (Lipinski definition) is 2. The van der Waals surface area contributed by atoms with Gasteiger partial charge in [-0.05, 0) is 53.6 Å². The number of nitrogens with zero attached hydrogens (tertiary/aromatic N) is 2. The molecule has 0 aliphatic heterocycles. The number of halogens is 1. The first-order valence-corrected chi connectivity index (χ1v) is 10.1. The first kappa shape index (κ1) is 18.4. The Labute approximate surface area is 174 Å². The predicted octanol–water partition coefficient (Wildman–Crippen LogP) is 6.46. The fourth-order valence-corrected chi connectivity index (χ4v) is 3.82. The third kappa shape index (κ3) is 3.52. The lowest BCUT2D eigenvalue weighted by molar-refractivity contribution is 0.303. The van der Waals surface area contributed by atoms with Gasteiger partial charge in [-0.3, -0.25) is 0 Å². The van der Waals surface area contributed by atoms with Gasteiger partial charge in [0.1, 0.15) is 17.4 Å². The summed E-state index contributed by atoms with van der Waals surface area (Å²) in [4.78, 5) is 4.70. The number of aryl methyl sites for hydroxylation is 1. The van der Waals surface area contributed by atoms with Crippen LogP contribution < -0.4 is 4.74 Å². The maximum Gasteiger partial charge on any atom is 0.144 e. The predicted molar refractivity (Wildman–Crippen MR) is 119 cm³/mol. The van der Waals surface area contributed by atoms with Gasteiger partial charge in [0.2, 0.25) is 0 Å². The first-order chi connectivity index (χ1) is 14.8. The summed E-state index contributed by atoms with van der Waals surface area (Å²) < 4.78 is 22.5. The molecular formula is C26H21FN2O. The Morgan fingerprint density at radius 3 is 2.47 bits per heavy atom. The number of benzene rings is 4. The molecule has 0 saturated heterocycles. The molecule has 0 atom stereocenters. The van der Waals surface area contributed by atoms with Crippen molar-refractivity contribution < 1.29 is 9.13 Å². The van der Waals surface area contributed by atoms with Crippen LogP contribution in [0.4, 0.5) is 4.39 Å². The molecule has 5 rings (SSSR count). The second-order valence-electron chi connectivity index (χ2n) is 7.27. The number of para-hydroxylation sites is 2. The summed E-state index contributed by atoms with van der Waals surface area (Å²) in [6.07, 6.45) is 0.786. The van der Waals surface area contributed by atoms with Gasteiger partial charge < -0.3 is 9.30 Å². The van der Waals surface area contributed by atoms with E-state index in [4.69, 9.17) is 9.72 Å². The molecule has 0 N–H and O–H groups in total. The lowest BCUT2D eigenvalue weighted by Crippen LogP contribution is -2.06. The Hall–Kier alpha value is -3.66. The number of rotatable bonds is 6. The van der Waals surface area contributed by atoms with Gasteiger partial charge in [-0.2, -0.15) is 0 Å². The van der Waals surface area contributed by atoms with Crippen molar-refractivity contribution >= 4 is 21.8 Å². The molecule has 1 aromatic heterocycles. The highest BCUT2D eigenvalue weighted by atomic mass is 19.1. The third-order valence-corrected chi connectivity index (χ3v) is 5.29. The fourth-order valence-electron chi connectivity index (χ4n) is 3.82. The summed E-state index contributed by atoms with van der Waals surface area (Å²) >= 11 is 0. The van der Waals surface area contributed by atoms with E-state index in [0.29, 0.717) is 24.5 Å². The molecule has 3 nitrogen and oxygen atoms in total. The molecule has 0 radical (unpaired) electrons. The number of fused-ring (bicyclic) bond motifs is 2. The van der Waals surface area contributed by atoms with Crippen LogP contribution in [0.3, 0.4) is 0 Å². The van der Waals surface area contributed by atoms with E-state index in [9.17, 15) is 4.39 Å². The van der Waals surface area contributed by atoms with E-state index >= 15 is 0 Å². The van der Waals surface area contributed by atoms with E-state index in [1.54, 1.807) is 12.1 Å². The fraction of sp³-hybridized carbons (Fsp3) is 0.115. The van der Waals surface area contributed by atoms with E-state index in [1.165, 1.54) is 11.5 Å². The van der Waals surface area contributed by atoms with Crippen molar-refractivity contribution in [3.63, 3.8) is 0 Å². The number of imidazole rings is 1. The highest BCUT2D eigenvalue weighted by Gasteiger charge is 2.15. The topological polar surface area (TPSA) is 27.1 Å². The van der Waals surface area contributed by atoms with Gasteiger partial charge in [0, 0.05) is 6.54 Å². The van der Waals surface area contributed by atoms with Gasteiger partial charge >= 0.3 is 0 Å². The average molecular weight is 396 g/mol. The molecule has 0 saturated carbocycles. The summed E-state index contributed by atoms with van der Waals surface area (Å²) in [7, 11) is 0. The summed E-state index contributed by atoms with van der Waals surface area (Å²) in [5, 5.41) is 2.36. The van der Waals surface area contributed by atoms with Crippen LogP contribution in [-0.2, 0) is 6.54 Å². The van der Waals surface area contributed by atoms with Crippen molar-refractivity contribution in [2.24, 2.45) is 0 Å². The van der Waals surface area contributed by atoms with E-state index in [0.717, 1.165) is 28.6 Å². The maximum atomic E-state index is 14.4. The van der Waals surface area contributed by atoms with Crippen molar-refractivity contribution in [1.29, 1.82) is 0 Å². The molecule has 0 bridgehead atoms. The van der Waals surface area contributed by atoms with Crippen LogP contribution in [-0.4, -0.2) is 16.2 Å². The zero-order chi connectivity index (χ0) is 20.3. The molecule has 4 heteroatoms. The Balaban J connectivity index is 1.36. The summed E-state index contributed by atoms with van der Waals surface area (Å²) in [6, 6.07) is 29.1. The summed E-state index contributed by atoms with van der Waals surface area (Å²) in [5.41, 5.74) is 2.39. The van der Waals surface area contributed by atoms with Gasteiger partial charge in [-0.25, -0.2) is 9.37 Å². The molecule has 5 aromatic rings. The SMILES string of the molecule is Fc1ccccc1-c1nc2ccccc2n1CCCOc1ccc2ccccc2c1. The van der Waals surface area contributed by atoms with Crippen LogP contribution in [0.5, 0.6) is 5.75 Å². The summed E-state index contributed by atoms with van der Waals surface area (Å²) in [6.45, 7) is 1.26. The maximum absolute atomic E-state index is 14.4. The lowest BCUT2D eigenvalue weighted by atomic mass is 10.1. The van der Waals surface area contributed by atoms with Crippen molar-refractivity contribution in [1.82, 2.24) is 9.55 Å². The molecule has 30 heavy (non-hydrogen) atoms. The van der Waals surface area contributed by atoms with Crippen LogP contribution in [0.1, 0.15) is 6.42 Å². The largest absolute Gasteiger partial charge is 0.494 e. The summed E-state index contributed by atoms with van der Waals surface area (Å²) in [5.74, 6) is 1.25. The van der Waals surface area contributed by atoms with E-state index < -0.39 is 0 Å². The quantitative estimate of drug-likeness (QED) is 0.308. The zero-order valence-electron chi connectivity index (χ0n) is 16.5. The molecule has 0 fully saturated rings. The van der Waals surface area contributed by atoms with Crippen LogP contribution in [0.2, 0.25) is 0 Å². The molecule has 0 unspecified atom stereocenters. The minimum atomic E-state index is -0.263. The van der Waals surface area contributed by atoms with Gasteiger partial charge in [0.25, 0.3) is 0 Å².